The number of hydrogen-bond acceptors (Lipinski definition) is 3. The van der Waals surface area contributed by atoms with Crippen LogP contribution in [0, 0.1) is 5.82 Å². The van der Waals surface area contributed by atoms with E-state index in [4.69, 9.17) is 9.84 Å². The number of carbonyl (C=O) groups is 2. The average Bonchev–Trinajstić information content (AvgIpc) is 2.30. The molecule has 0 fully saturated rings. The van der Waals surface area contributed by atoms with Gasteiger partial charge in [-0.05, 0) is 25.1 Å². The summed E-state index contributed by atoms with van der Waals surface area (Å²) in [5, 5.41) is 8.56. The Morgan fingerprint density at radius 1 is 1.44 bits per heavy atom. The molecular formula is C12H14FNO4. The van der Waals surface area contributed by atoms with Crippen LogP contribution >= 0.6 is 0 Å². The van der Waals surface area contributed by atoms with Crippen molar-refractivity contribution in [3.63, 3.8) is 0 Å². The van der Waals surface area contributed by atoms with E-state index in [9.17, 15) is 14.0 Å². The van der Waals surface area contributed by atoms with E-state index < -0.39 is 24.2 Å². The number of carbonyl (C=O) groups excluding carboxylic acids is 1. The molecule has 0 saturated heterocycles. The minimum Gasteiger partial charge on any atom is -0.491 e. The van der Waals surface area contributed by atoms with Crippen LogP contribution in [-0.2, 0) is 4.79 Å². The Bertz CT molecular complexity index is 461. The van der Waals surface area contributed by atoms with Crippen molar-refractivity contribution in [3.8, 4) is 5.75 Å². The molecule has 0 aliphatic heterocycles. The SMILES string of the molecule is CCOc1ccc(C(=O)N(C)CC(=O)O)cc1F. The van der Waals surface area contributed by atoms with E-state index in [0.29, 0.717) is 6.61 Å². The van der Waals surface area contributed by atoms with Gasteiger partial charge in [-0.25, -0.2) is 4.39 Å². The molecule has 6 heteroatoms. The van der Waals surface area contributed by atoms with Crippen molar-refractivity contribution in [2.75, 3.05) is 20.2 Å². The van der Waals surface area contributed by atoms with Crippen molar-refractivity contribution < 1.29 is 23.8 Å². The Kier molecular flexibility index (Phi) is 4.65. The molecule has 0 spiro atoms. The monoisotopic (exact) mass is 255 g/mol. The molecule has 5 nitrogen and oxygen atoms in total. The van der Waals surface area contributed by atoms with E-state index in [1.807, 2.05) is 0 Å². The summed E-state index contributed by atoms with van der Waals surface area (Å²) in [6, 6.07) is 3.78. The molecule has 0 aromatic heterocycles. The highest BCUT2D eigenvalue weighted by molar-refractivity contribution is 5.95. The van der Waals surface area contributed by atoms with E-state index >= 15 is 0 Å². The number of halogens is 1. The van der Waals surface area contributed by atoms with E-state index in [0.717, 1.165) is 11.0 Å². The number of benzene rings is 1. The van der Waals surface area contributed by atoms with Gasteiger partial charge in [0.1, 0.15) is 6.54 Å². The predicted octanol–water partition coefficient (Wildman–Crippen LogP) is 1.38. The van der Waals surface area contributed by atoms with Crippen LogP contribution < -0.4 is 4.74 Å². The third-order valence-electron chi connectivity index (χ3n) is 2.20. The first-order valence-corrected chi connectivity index (χ1v) is 5.35. The van der Waals surface area contributed by atoms with E-state index in [2.05, 4.69) is 0 Å². The molecule has 0 saturated carbocycles. The second-order valence-electron chi connectivity index (χ2n) is 3.63. The lowest BCUT2D eigenvalue weighted by atomic mass is 10.2. The number of aliphatic carboxylic acids is 1. The van der Waals surface area contributed by atoms with Crippen LogP contribution in [0.3, 0.4) is 0 Å². The standard InChI is InChI=1S/C12H14FNO4/c1-3-18-10-5-4-8(6-9(10)13)12(17)14(2)7-11(15)16/h4-6H,3,7H2,1-2H3,(H,15,16). The van der Waals surface area contributed by atoms with Gasteiger partial charge < -0.3 is 14.7 Å². The third kappa shape index (κ3) is 3.44. The Morgan fingerprint density at radius 2 is 2.11 bits per heavy atom. The van der Waals surface area contributed by atoms with Crippen LogP contribution in [0.4, 0.5) is 4.39 Å². The fourth-order valence-electron chi connectivity index (χ4n) is 1.40. The second-order valence-corrected chi connectivity index (χ2v) is 3.63. The molecule has 0 atom stereocenters. The highest BCUT2D eigenvalue weighted by atomic mass is 19.1. The summed E-state index contributed by atoms with van der Waals surface area (Å²) in [4.78, 5) is 23.2. The number of carboxylic acids is 1. The average molecular weight is 255 g/mol. The molecule has 1 aromatic rings. The molecule has 1 amide bonds. The van der Waals surface area contributed by atoms with Gasteiger partial charge in [-0.3, -0.25) is 9.59 Å². The molecular weight excluding hydrogens is 241 g/mol. The molecule has 0 bridgehead atoms. The van der Waals surface area contributed by atoms with Gasteiger partial charge in [-0.15, -0.1) is 0 Å². The quantitative estimate of drug-likeness (QED) is 0.863. The summed E-state index contributed by atoms with van der Waals surface area (Å²) in [5.74, 6) is -2.27. The van der Waals surface area contributed by atoms with Crippen LogP contribution in [0.2, 0.25) is 0 Å². The van der Waals surface area contributed by atoms with Gasteiger partial charge in [-0.1, -0.05) is 0 Å². The van der Waals surface area contributed by atoms with Crippen molar-refractivity contribution in [2.24, 2.45) is 0 Å². The molecule has 0 aliphatic carbocycles. The number of carboxylic acid groups (broad SMARTS) is 1. The maximum atomic E-state index is 13.5. The first-order chi connectivity index (χ1) is 8.45. The first-order valence-electron chi connectivity index (χ1n) is 5.35. The Labute approximate surface area is 104 Å². The van der Waals surface area contributed by atoms with Crippen molar-refractivity contribution >= 4 is 11.9 Å². The summed E-state index contributed by atoms with van der Waals surface area (Å²) in [6.07, 6.45) is 0. The molecule has 1 N–H and O–H groups in total. The van der Waals surface area contributed by atoms with Crippen LogP contribution in [0.5, 0.6) is 5.75 Å². The smallest absolute Gasteiger partial charge is 0.323 e. The van der Waals surface area contributed by atoms with Crippen molar-refractivity contribution in [3.05, 3.63) is 29.6 Å². The Morgan fingerprint density at radius 3 is 2.61 bits per heavy atom. The zero-order valence-corrected chi connectivity index (χ0v) is 10.1. The minimum atomic E-state index is -1.13. The van der Waals surface area contributed by atoms with Crippen LogP contribution in [0.25, 0.3) is 0 Å². The molecule has 18 heavy (non-hydrogen) atoms. The lowest BCUT2D eigenvalue weighted by molar-refractivity contribution is -0.137. The predicted molar refractivity (Wildman–Crippen MR) is 62.2 cm³/mol. The van der Waals surface area contributed by atoms with Crippen molar-refractivity contribution in [2.45, 2.75) is 6.92 Å². The number of rotatable bonds is 5. The highest BCUT2D eigenvalue weighted by Gasteiger charge is 2.16. The Hall–Kier alpha value is -2.11. The van der Waals surface area contributed by atoms with Crippen LogP contribution in [-0.4, -0.2) is 42.1 Å². The minimum absolute atomic E-state index is 0.0648. The normalized spacial score (nSPS) is 9.94. The number of hydrogen-bond donors (Lipinski definition) is 1. The summed E-state index contributed by atoms with van der Waals surface area (Å²) in [7, 11) is 1.34. The largest absolute Gasteiger partial charge is 0.491 e. The number of likely N-dealkylation sites (N-methyl/N-ethyl adjacent to an activating group) is 1. The van der Waals surface area contributed by atoms with Gasteiger partial charge in [0.2, 0.25) is 0 Å². The summed E-state index contributed by atoms with van der Waals surface area (Å²) >= 11 is 0. The molecule has 0 aliphatic rings. The molecule has 1 aromatic carbocycles. The number of amides is 1. The number of nitrogens with zero attached hydrogens (tertiary/aromatic N) is 1. The molecule has 0 radical (unpaired) electrons. The number of ether oxygens (including phenoxy) is 1. The van der Waals surface area contributed by atoms with Gasteiger partial charge in [0.15, 0.2) is 11.6 Å². The fraction of sp³-hybridized carbons (Fsp3) is 0.333. The second kappa shape index (κ2) is 6.00. The maximum absolute atomic E-state index is 13.5. The fourth-order valence-corrected chi connectivity index (χ4v) is 1.40. The zero-order chi connectivity index (χ0) is 13.7. The maximum Gasteiger partial charge on any atom is 0.323 e. The topological polar surface area (TPSA) is 66.8 Å². The molecule has 0 unspecified atom stereocenters. The summed E-state index contributed by atoms with van der Waals surface area (Å²) in [5.41, 5.74) is 0.0831. The van der Waals surface area contributed by atoms with E-state index in [1.165, 1.54) is 19.2 Å². The molecule has 98 valence electrons. The van der Waals surface area contributed by atoms with Crippen molar-refractivity contribution in [1.29, 1.82) is 0 Å². The highest BCUT2D eigenvalue weighted by Crippen LogP contribution is 2.19. The molecule has 1 rings (SSSR count). The summed E-state index contributed by atoms with van der Waals surface area (Å²) < 4.78 is 18.5. The summed E-state index contributed by atoms with van der Waals surface area (Å²) in [6.45, 7) is 1.61. The van der Waals surface area contributed by atoms with E-state index in [-0.39, 0.29) is 11.3 Å². The van der Waals surface area contributed by atoms with E-state index in [1.54, 1.807) is 6.92 Å². The van der Waals surface area contributed by atoms with Gasteiger partial charge >= 0.3 is 5.97 Å². The van der Waals surface area contributed by atoms with Gasteiger partial charge in [-0.2, -0.15) is 0 Å². The molecule has 0 heterocycles. The van der Waals surface area contributed by atoms with Gasteiger partial charge in [0.25, 0.3) is 5.91 Å². The van der Waals surface area contributed by atoms with Crippen LogP contribution in [0.1, 0.15) is 17.3 Å². The first kappa shape index (κ1) is 14.0. The third-order valence-corrected chi connectivity index (χ3v) is 2.20. The Balaban J connectivity index is 2.87. The van der Waals surface area contributed by atoms with Gasteiger partial charge in [0, 0.05) is 12.6 Å². The van der Waals surface area contributed by atoms with Gasteiger partial charge in [0.05, 0.1) is 6.61 Å². The van der Waals surface area contributed by atoms with Crippen molar-refractivity contribution in [1.82, 2.24) is 4.90 Å². The lowest BCUT2D eigenvalue weighted by Gasteiger charge is -2.15. The van der Waals surface area contributed by atoms with Crippen LogP contribution in [0.15, 0.2) is 18.2 Å². The zero-order valence-electron chi connectivity index (χ0n) is 10.1. The lowest BCUT2D eigenvalue weighted by Crippen LogP contribution is -2.31.